The molecule has 1 aromatic carbocycles. The van der Waals surface area contributed by atoms with Gasteiger partial charge in [-0.05, 0) is 50.3 Å². The molecule has 0 aliphatic carbocycles. The molecule has 9 nitrogen and oxygen atoms in total. The number of aliphatic carboxylic acids is 1. The molecule has 0 unspecified atom stereocenters. The van der Waals surface area contributed by atoms with Gasteiger partial charge in [0.2, 0.25) is 0 Å². The van der Waals surface area contributed by atoms with Gasteiger partial charge in [0.1, 0.15) is 17.0 Å². The number of nitrogens with one attached hydrogen (secondary N) is 1. The van der Waals surface area contributed by atoms with Gasteiger partial charge in [-0.2, -0.15) is 0 Å². The van der Waals surface area contributed by atoms with E-state index < -0.39 is 5.97 Å². The van der Waals surface area contributed by atoms with Crippen molar-refractivity contribution < 1.29 is 14.7 Å². The lowest BCUT2D eigenvalue weighted by molar-refractivity contribution is -0.143. The molecule has 0 atom stereocenters. The summed E-state index contributed by atoms with van der Waals surface area (Å²) in [4.78, 5) is 45.4. The average Bonchev–Trinajstić information content (AvgIpc) is 3.45. The van der Waals surface area contributed by atoms with Crippen molar-refractivity contribution in [3.05, 3.63) is 57.3 Å². The van der Waals surface area contributed by atoms with Crippen molar-refractivity contribution in [3.8, 4) is 11.3 Å². The molecule has 1 aliphatic heterocycles. The summed E-state index contributed by atoms with van der Waals surface area (Å²) in [5.74, 6) is 0.461. The Morgan fingerprint density at radius 1 is 1.15 bits per heavy atom. The van der Waals surface area contributed by atoms with Crippen molar-refractivity contribution in [2.45, 2.75) is 79.2 Å². The average molecular weight is 577 g/mol. The van der Waals surface area contributed by atoms with Crippen LogP contribution in [0.15, 0.2) is 35.7 Å². The maximum atomic E-state index is 12.7. The van der Waals surface area contributed by atoms with Gasteiger partial charge in [-0.15, -0.1) is 11.3 Å². The minimum absolute atomic E-state index is 0.0867. The zero-order chi connectivity index (χ0) is 29.7. The number of piperidine rings is 1. The van der Waals surface area contributed by atoms with Crippen molar-refractivity contribution in [1.82, 2.24) is 25.2 Å². The van der Waals surface area contributed by atoms with E-state index in [1.54, 1.807) is 12.5 Å². The Hall–Kier alpha value is -3.66. The van der Waals surface area contributed by atoms with E-state index in [2.05, 4.69) is 58.9 Å². The summed E-state index contributed by atoms with van der Waals surface area (Å²) in [6, 6.07) is 6.13. The number of carbonyl (C=O) groups is 2. The third-order valence-electron chi connectivity index (χ3n) is 7.40. The standard InChI is InChI=1S/C31H40N6O3S/c1-7-8-25(37-13-11-21(12-14-37)29(39)40)36-27-20(3)26(34-18-35-27)22-9-10-23(19(2)15-22)16-32-28(38)24-17-33-30(41-24)31(4,5)6/h9-10,15,17-18,21H,7-8,11-14,16H2,1-6H3,(H,32,38)(H,39,40)/b36-25+. The number of likely N-dealkylation sites (tertiary alicyclic amines) is 1. The zero-order valence-electron chi connectivity index (χ0n) is 24.8. The molecule has 0 saturated carbocycles. The fraction of sp³-hybridized carbons (Fsp3) is 0.484. The fourth-order valence-corrected chi connectivity index (χ4v) is 5.78. The molecule has 0 spiro atoms. The molecular weight excluding hydrogens is 536 g/mol. The summed E-state index contributed by atoms with van der Waals surface area (Å²) in [7, 11) is 0. The summed E-state index contributed by atoms with van der Waals surface area (Å²) in [5.41, 5.74) is 4.67. The van der Waals surface area contributed by atoms with Gasteiger partial charge < -0.3 is 15.3 Å². The number of carboxylic acids is 1. The van der Waals surface area contributed by atoms with Gasteiger partial charge >= 0.3 is 5.97 Å². The first-order chi connectivity index (χ1) is 19.5. The molecule has 218 valence electrons. The van der Waals surface area contributed by atoms with E-state index in [1.165, 1.54) is 11.3 Å². The number of aromatic nitrogens is 3. The first-order valence-electron chi connectivity index (χ1n) is 14.2. The summed E-state index contributed by atoms with van der Waals surface area (Å²) in [6.45, 7) is 14.2. The number of carbonyl (C=O) groups excluding carboxylic acids is 1. The second kappa shape index (κ2) is 12.9. The van der Waals surface area contributed by atoms with Crippen LogP contribution in [0, 0.1) is 19.8 Å². The topological polar surface area (TPSA) is 121 Å². The van der Waals surface area contributed by atoms with Gasteiger partial charge in [0.25, 0.3) is 5.91 Å². The quantitative estimate of drug-likeness (QED) is 0.247. The second-order valence-corrected chi connectivity index (χ2v) is 12.7. The predicted octanol–water partition coefficient (Wildman–Crippen LogP) is 6.07. The molecule has 0 bridgehead atoms. The highest BCUT2D eigenvalue weighted by Gasteiger charge is 2.26. The minimum atomic E-state index is -0.715. The van der Waals surface area contributed by atoms with E-state index in [0.717, 1.165) is 51.6 Å². The number of hydrogen-bond acceptors (Lipinski definition) is 7. The summed E-state index contributed by atoms with van der Waals surface area (Å²) >= 11 is 1.43. The number of hydrogen-bond donors (Lipinski definition) is 2. The molecule has 1 amide bonds. The van der Waals surface area contributed by atoms with Crippen LogP contribution in [0.4, 0.5) is 5.82 Å². The Labute approximate surface area is 246 Å². The summed E-state index contributed by atoms with van der Waals surface area (Å²) in [5, 5.41) is 13.3. The number of thiazole rings is 1. The second-order valence-electron chi connectivity index (χ2n) is 11.7. The van der Waals surface area contributed by atoms with Gasteiger partial charge in [-0.3, -0.25) is 9.59 Å². The van der Waals surface area contributed by atoms with Gasteiger partial charge in [0.15, 0.2) is 5.82 Å². The van der Waals surface area contributed by atoms with Crippen LogP contribution in [0.3, 0.4) is 0 Å². The van der Waals surface area contributed by atoms with Crippen molar-refractivity contribution >= 4 is 34.9 Å². The molecule has 1 aliphatic rings. The lowest BCUT2D eigenvalue weighted by atomic mass is 9.97. The van der Waals surface area contributed by atoms with Crippen LogP contribution < -0.4 is 5.32 Å². The Morgan fingerprint density at radius 2 is 1.88 bits per heavy atom. The number of nitrogens with zero attached hydrogens (tertiary/aromatic N) is 5. The molecule has 0 radical (unpaired) electrons. The van der Waals surface area contributed by atoms with Crippen molar-refractivity contribution in [3.63, 3.8) is 0 Å². The first-order valence-corrected chi connectivity index (χ1v) is 15.0. The summed E-state index contributed by atoms with van der Waals surface area (Å²) < 4.78 is 0. The molecular formula is C31H40N6O3S. The molecule has 10 heteroatoms. The van der Waals surface area contributed by atoms with Crippen LogP contribution in [0.5, 0.6) is 0 Å². The number of amidine groups is 1. The fourth-order valence-electron chi connectivity index (χ4n) is 4.89. The van der Waals surface area contributed by atoms with Crippen LogP contribution in [0.2, 0.25) is 0 Å². The molecule has 1 saturated heterocycles. The van der Waals surface area contributed by atoms with Gasteiger partial charge in [0, 0.05) is 42.6 Å². The van der Waals surface area contributed by atoms with Crippen LogP contribution in [-0.4, -0.2) is 55.8 Å². The van der Waals surface area contributed by atoms with E-state index in [9.17, 15) is 14.7 Å². The lowest BCUT2D eigenvalue weighted by Crippen LogP contribution is -2.40. The highest BCUT2D eigenvalue weighted by molar-refractivity contribution is 7.13. The first kappa shape index (κ1) is 30.3. The highest BCUT2D eigenvalue weighted by Crippen LogP contribution is 2.30. The van der Waals surface area contributed by atoms with Crippen LogP contribution in [0.25, 0.3) is 11.3 Å². The Balaban J connectivity index is 1.49. The van der Waals surface area contributed by atoms with Gasteiger partial charge in [-0.1, -0.05) is 39.8 Å². The van der Waals surface area contributed by atoms with Crippen molar-refractivity contribution in [2.24, 2.45) is 10.9 Å². The van der Waals surface area contributed by atoms with E-state index in [0.29, 0.717) is 43.2 Å². The molecule has 2 N–H and O–H groups in total. The number of benzene rings is 1. The Bertz CT molecular complexity index is 1430. The maximum absolute atomic E-state index is 12.7. The highest BCUT2D eigenvalue weighted by atomic mass is 32.1. The molecule has 41 heavy (non-hydrogen) atoms. The molecule has 1 fully saturated rings. The van der Waals surface area contributed by atoms with Crippen molar-refractivity contribution in [2.75, 3.05) is 13.1 Å². The van der Waals surface area contributed by atoms with E-state index in [4.69, 9.17) is 4.99 Å². The predicted molar refractivity (Wildman–Crippen MR) is 163 cm³/mol. The molecule has 2 aromatic heterocycles. The van der Waals surface area contributed by atoms with Crippen LogP contribution in [0.1, 0.15) is 84.7 Å². The van der Waals surface area contributed by atoms with Crippen LogP contribution in [-0.2, 0) is 16.8 Å². The SMILES string of the molecule is CCC/C(=N\c1ncnc(-c2ccc(CNC(=O)c3cnc(C(C)(C)C)s3)c(C)c2)c1C)N1CCC(C(=O)O)CC1. The van der Waals surface area contributed by atoms with Crippen LogP contribution >= 0.6 is 11.3 Å². The molecule has 3 aromatic rings. The third kappa shape index (κ3) is 7.35. The van der Waals surface area contributed by atoms with E-state index in [1.807, 2.05) is 26.0 Å². The number of aryl methyl sites for hydroxylation is 1. The Morgan fingerprint density at radius 3 is 2.49 bits per heavy atom. The van der Waals surface area contributed by atoms with Crippen molar-refractivity contribution in [1.29, 1.82) is 0 Å². The number of aliphatic imine (C=N–C) groups is 1. The van der Waals surface area contributed by atoms with Gasteiger partial charge in [-0.25, -0.2) is 19.9 Å². The van der Waals surface area contributed by atoms with Gasteiger partial charge in [0.05, 0.1) is 22.8 Å². The third-order valence-corrected chi connectivity index (χ3v) is 8.82. The van der Waals surface area contributed by atoms with E-state index >= 15 is 0 Å². The monoisotopic (exact) mass is 576 g/mol. The number of carboxylic acid groups (broad SMARTS) is 1. The number of amides is 1. The minimum Gasteiger partial charge on any atom is -0.481 e. The molecule has 3 heterocycles. The largest absolute Gasteiger partial charge is 0.481 e. The maximum Gasteiger partial charge on any atom is 0.306 e. The Kier molecular flexibility index (Phi) is 9.53. The lowest BCUT2D eigenvalue weighted by Gasteiger charge is -2.32. The normalized spacial score (nSPS) is 14.8. The molecule has 4 rings (SSSR count). The number of rotatable bonds is 8. The van der Waals surface area contributed by atoms with E-state index in [-0.39, 0.29) is 17.2 Å². The smallest absolute Gasteiger partial charge is 0.306 e. The zero-order valence-corrected chi connectivity index (χ0v) is 25.6. The summed E-state index contributed by atoms with van der Waals surface area (Å²) in [6.07, 6.45) is 6.19.